The zero-order chi connectivity index (χ0) is 14.2. The van der Waals surface area contributed by atoms with Gasteiger partial charge in [-0.2, -0.15) is 5.10 Å². The van der Waals surface area contributed by atoms with Crippen LogP contribution < -0.4 is 10.2 Å². The second-order valence-corrected chi connectivity index (χ2v) is 5.66. The summed E-state index contributed by atoms with van der Waals surface area (Å²) in [6, 6.07) is 4.05. The van der Waals surface area contributed by atoms with E-state index in [4.69, 9.17) is 4.74 Å². The molecule has 6 heteroatoms. The molecule has 1 amide bonds. The van der Waals surface area contributed by atoms with Crippen molar-refractivity contribution in [2.75, 3.05) is 24.6 Å². The van der Waals surface area contributed by atoms with Crippen molar-refractivity contribution in [3.8, 4) is 0 Å². The number of carbonyl (C=O) groups is 1. The molecule has 0 bridgehead atoms. The Morgan fingerprint density at radius 3 is 2.70 bits per heavy atom. The minimum Gasteiger partial charge on any atom is -0.363 e. The summed E-state index contributed by atoms with van der Waals surface area (Å²) in [5, 5.41) is 11.3. The lowest BCUT2D eigenvalue weighted by Gasteiger charge is -2.47. The summed E-state index contributed by atoms with van der Waals surface area (Å²) in [4.78, 5) is 13.6. The van der Waals surface area contributed by atoms with Crippen LogP contribution in [0.4, 0.5) is 5.82 Å². The first kappa shape index (κ1) is 13.3. The molecule has 3 heterocycles. The number of nitrogens with one attached hydrogen (secondary N) is 1. The smallest absolute Gasteiger partial charge is 0.246 e. The van der Waals surface area contributed by atoms with Gasteiger partial charge in [0.1, 0.15) is 6.61 Å². The standard InChI is InChI=1S/C14H20N4O2/c1-10-3-4-12(17-16-10)18-7-5-14(6-8-18)11(2)15-13(19)9-20-14/h3-4,11H,5-9H2,1-2H3,(H,15,19)/t11-/m0/s1. The predicted molar refractivity (Wildman–Crippen MR) is 74.5 cm³/mol. The van der Waals surface area contributed by atoms with Gasteiger partial charge in [0, 0.05) is 13.1 Å². The number of nitrogens with zero attached hydrogens (tertiary/aromatic N) is 3. The van der Waals surface area contributed by atoms with Gasteiger partial charge in [0.15, 0.2) is 5.82 Å². The van der Waals surface area contributed by atoms with Gasteiger partial charge in [-0.1, -0.05) is 0 Å². The van der Waals surface area contributed by atoms with Crippen molar-refractivity contribution in [2.45, 2.75) is 38.3 Å². The van der Waals surface area contributed by atoms with Crippen LogP contribution in [0.3, 0.4) is 0 Å². The maximum Gasteiger partial charge on any atom is 0.246 e. The molecule has 108 valence electrons. The van der Waals surface area contributed by atoms with E-state index < -0.39 is 0 Å². The number of aromatic nitrogens is 2. The molecule has 2 fully saturated rings. The number of ether oxygens (including phenoxy) is 1. The topological polar surface area (TPSA) is 67.3 Å². The fraction of sp³-hybridized carbons (Fsp3) is 0.643. The number of hydrogen-bond acceptors (Lipinski definition) is 5. The number of hydrogen-bond donors (Lipinski definition) is 1. The normalized spacial score (nSPS) is 25.6. The molecule has 2 aliphatic heterocycles. The molecule has 20 heavy (non-hydrogen) atoms. The van der Waals surface area contributed by atoms with Gasteiger partial charge in [0.05, 0.1) is 17.3 Å². The fourth-order valence-electron chi connectivity index (χ4n) is 3.00. The fourth-order valence-corrected chi connectivity index (χ4v) is 3.00. The summed E-state index contributed by atoms with van der Waals surface area (Å²) < 4.78 is 5.86. The molecule has 0 saturated carbocycles. The zero-order valence-corrected chi connectivity index (χ0v) is 11.9. The minimum absolute atomic E-state index is 0.0186. The van der Waals surface area contributed by atoms with E-state index in [1.54, 1.807) is 0 Å². The molecule has 1 N–H and O–H groups in total. The number of anilines is 1. The largest absolute Gasteiger partial charge is 0.363 e. The van der Waals surface area contributed by atoms with Crippen molar-refractivity contribution >= 4 is 11.7 Å². The van der Waals surface area contributed by atoms with Crippen LogP contribution in [0.2, 0.25) is 0 Å². The average Bonchev–Trinajstić information content (AvgIpc) is 2.45. The summed E-state index contributed by atoms with van der Waals surface area (Å²) in [7, 11) is 0. The summed E-state index contributed by atoms with van der Waals surface area (Å²) in [6.07, 6.45) is 1.79. The highest BCUT2D eigenvalue weighted by atomic mass is 16.5. The SMILES string of the molecule is Cc1ccc(N2CCC3(CC2)OCC(=O)N[C@H]3C)nn1. The monoisotopic (exact) mass is 276 g/mol. The number of amides is 1. The third kappa shape index (κ3) is 2.35. The van der Waals surface area contributed by atoms with E-state index in [0.29, 0.717) is 0 Å². The van der Waals surface area contributed by atoms with Crippen LogP contribution >= 0.6 is 0 Å². The number of carbonyl (C=O) groups excluding carboxylic acids is 1. The van der Waals surface area contributed by atoms with Crippen LogP contribution in [0.25, 0.3) is 0 Å². The quantitative estimate of drug-likeness (QED) is 0.816. The highest BCUT2D eigenvalue weighted by Crippen LogP contribution is 2.33. The molecule has 6 nitrogen and oxygen atoms in total. The molecule has 1 spiro atoms. The minimum atomic E-state index is -0.220. The van der Waals surface area contributed by atoms with Crippen molar-refractivity contribution < 1.29 is 9.53 Å². The van der Waals surface area contributed by atoms with Crippen molar-refractivity contribution in [3.63, 3.8) is 0 Å². The van der Waals surface area contributed by atoms with Crippen LogP contribution in [0.5, 0.6) is 0 Å². The lowest BCUT2D eigenvalue weighted by molar-refractivity contribution is -0.154. The summed E-state index contributed by atoms with van der Waals surface area (Å²) in [6.45, 7) is 5.88. The number of piperidine rings is 1. The van der Waals surface area contributed by atoms with Gasteiger partial charge in [-0.3, -0.25) is 4.79 Å². The van der Waals surface area contributed by atoms with Gasteiger partial charge in [-0.15, -0.1) is 5.10 Å². The molecule has 2 aliphatic rings. The first-order valence-electron chi connectivity index (χ1n) is 7.08. The third-order valence-electron chi connectivity index (χ3n) is 4.37. The van der Waals surface area contributed by atoms with Crippen molar-refractivity contribution in [1.82, 2.24) is 15.5 Å². The van der Waals surface area contributed by atoms with Crippen molar-refractivity contribution in [1.29, 1.82) is 0 Å². The Hall–Kier alpha value is -1.69. The lowest BCUT2D eigenvalue weighted by Crippen LogP contribution is -2.62. The molecular weight excluding hydrogens is 256 g/mol. The second kappa shape index (κ2) is 5.01. The van der Waals surface area contributed by atoms with Crippen molar-refractivity contribution in [3.05, 3.63) is 17.8 Å². The van der Waals surface area contributed by atoms with Gasteiger partial charge in [-0.05, 0) is 38.8 Å². The molecular formula is C14H20N4O2. The van der Waals surface area contributed by atoms with Gasteiger partial charge in [-0.25, -0.2) is 0 Å². The molecule has 0 aromatic carbocycles. The molecule has 1 atom stereocenters. The van der Waals surface area contributed by atoms with Gasteiger partial charge < -0.3 is 15.0 Å². The molecule has 0 unspecified atom stereocenters. The zero-order valence-electron chi connectivity index (χ0n) is 11.9. The van der Waals surface area contributed by atoms with E-state index >= 15 is 0 Å². The van der Waals surface area contributed by atoms with E-state index in [2.05, 4.69) is 20.4 Å². The number of morpholine rings is 1. The second-order valence-electron chi connectivity index (χ2n) is 5.66. The van der Waals surface area contributed by atoms with Gasteiger partial charge in [0.25, 0.3) is 0 Å². The predicted octanol–water partition coefficient (Wildman–Crippen LogP) is 0.659. The Morgan fingerprint density at radius 1 is 1.35 bits per heavy atom. The summed E-state index contributed by atoms with van der Waals surface area (Å²) in [5.41, 5.74) is 0.705. The highest BCUT2D eigenvalue weighted by Gasteiger charge is 2.44. The maximum atomic E-state index is 11.4. The van der Waals surface area contributed by atoms with Crippen LogP contribution in [0.15, 0.2) is 12.1 Å². The van der Waals surface area contributed by atoms with E-state index in [-0.39, 0.29) is 24.2 Å². The summed E-state index contributed by atoms with van der Waals surface area (Å²) >= 11 is 0. The first-order chi connectivity index (χ1) is 9.59. The molecule has 0 radical (unpaired) electrons. The van der Waals surface area contributed by atoms with E-state index in [0.717, 1.165) is 37.4 Å². The van der Waals surface area contributed by atoms with Gasteiger partial charge >= 0.3 is 0 Å². The summed E-state index contributed by atoms with van der Waals surface area (Å²) in [5.74, 6) is 0.896. The van der Waals surface area contributed by atoms with E-state index in [9.17, 15) is 4.79 Å². The first-order valence-corrected chi connectivity index (χ1v) is 7.08. The molecule has 0 aliphatic carbocycles. The van der Waals surface area contributed by atoms with Crippen LogP contribution in [-0.2, 0) is 9.53 Å². The molecule has 1 aromatic rings. The third-order valence-corrected chi connectivity index (χ3v) is 4.37. The van der Waals surface area contributed by atoms with Crippen molar-refractivity contribution in [2.24, 2.45) is 0 Å². The van der Waals surface area contributed by atoms with E-state index in [1.165, 1.54) is 0 Å². The number of aryl methyl sites for hydroxylation is 1. The highest BCUT2D eigenvalue weighted by molar-refractivity contribution is 5.78. The van der Waals surface area contributed by atoms with E-state index in [1.807, 2.05) is 26.0 Å². The molecule has 3 rings (SSSR count). The lowest BCUT2D eigenvalue weighted by atomic mass is 9.83. The Morgan fingerprint density at radius 2 is 2.10 bits per heavy atom. The average molecular weight is 276 g/mol. The Balaban J connectivity index is 1.67. The van der Waals surface area contributed by atoms with Gasteiger partial charge in [0.2, 0.25) is 5.91 Å². The van der Waals surface area contributed by atoms with Crippen LogP contribution in [-0.4, -0.2) is 47.4 Å². The van der Waals surface area contributed by atoms with Crippen LogP contribution in [0, 0.1) is 6.92 Å². The Bertz CT molecular complexity index is 494. The Kier molecular flexibility index (Phi) is 3.33. The number of rotatable bonds is 1. The Labute approximate surface area is 118 Å². The maximum absolute atomic E-state index is 11.4. The molecule has 2 saturated heterocycles. The molecule has 1 aromatic heterocycles. The van der Waals surface area contributed by atoms with Crippen LogP contribution in [0.1, 0.15) is 25.5 Å².